The average molecular weight is 625 g/mol. The van der Waals surface area contributed by atoms with Gasteiger partial charge in [0.25, 0.3) is 0 Å². The Hall–Kier alpha value is -2.73. The maximum absolute atomic E-state index is 14.0. The van der Waals surface area contributed by atoms with Crippen LogP contribution < -0.4 is 0 Å². The lowest BCUT2D eigenvalue weighted by Gasteiger charge is -2.30. The van der Waals surface area contributed by atoms with Gasteiger partial charge in [-0.25, -0.2) is 9.69 Å². The van der Waals surface area contributed by atoms with Crippen molar-refractivity contribution in [2.75, 3.05) is 39.6 Å². The van der Waals surface area contributed by atoms with E-state index in [0.29, 0.717) is 48.7 Å². The zero-order valence-electron chi connectivity index (χ0n) is 23.2. The van der Waals surface area contributed by atoms with E-state index in [4.69, 9.17) is 28.5 Å². The van der Waals surface area contributed by atoms with Gasteiger partial charge in [0.2, 0.25) is 5.91 Å². The standard InChI is InChI=1S/C29H38BrNO9/c1-19(2)24-18-38-29(35)31(24)28(34)22(16-21-8-5-4-6-9-21)27(39-20(3)33)26-17-23(30)25(40-26)10-7-12-36-14-15-37-13-11-32/h4-6,8-9,17,19,22,24,27,32H,7,10-16,18H2,1-3H3/t22-,24-,27+/m1/s1. The molecule has 2 aromatic rings. The number of amides is 2. The number of furan rings is 1. The lowest BCUT2D eigenvalue weighted by atomic mass is 9.90. The van der Waals surface area contributed by atoms with Crippen LogP contribution in [0.2, 0.25) is 0 Å². The van der Waals surface area contributed by atoms with E-state index in [1.165, 1.54) is 6.92 Å². The van der Waals surface area contributed by atoms with Crippen LogP contribution in [-0.2, 0) is 41.4 Å². The number of imide groups is 1. The van der Waals surface area contributed by atoms with Crippen molar-refractivity contribution in [3.05, 3.63) is 58.0 Å². The number of esters is 1. The summed E-state index contributed by atoms with van der Waals surface area (Å²) in [5, 5.41) is 8.74. The molecule has 0 unspecified atom stereocenters. The SMILES string of the molecule is CC(=O)O[C@H](c1cc(Br)c(CCCOCCOCCO)o1)[C@@H](Cc1ccccc1)C(=O)N1C(=O)OC[C@@H]1C(C)C. The Bertz CT molecular complexity index is 1100. The first-order valence-corrected chi connectivity index (χ1v) is 14.3. The molecule has 0 spiro atoms. The summed E-state index contributed by atoms with van der Waals surface area (Å²) in [6.07, 6.45) is -0.365. The molecule has 1 saturated heterocycles. The van der Waals surface area contributed by atoms with E-state index in [0.717, 1.165) is 10.5 Å². The molecule has 220 valence electrons. The van der Waals surface area contributed by atoms with E-state index in [1.807, 2.05) is 44.2 Å². The monoisotopic (exact) mass is 623 g/mol. The Balaban J connectivity index is 1.83. The van der Waals surface area contributed by atoms with Crippen molar-refractivity contribution >= 4 is 33.9 Å². The topological polar surface area (TPSA) is 125 Å². The predicted octanol–water partition coefficient (Wildman–Crippen LogP) is 4.47. The third-order valence-electron chi connectivity index (χ3n) is 6.54. The van der Waals surface area contributed by atoms with Crippen LogP contribution in [0.4, 0.5) is 4.79 Å². The molecule has 1 aromatic heterocycles. The van der Waals surface area contributed by atoms with Gasteiger partial charge in [-0.2, -0.15) is 0 Å². The van der Waals surface area contributed by atoms with Gasteiger partial charge in [-0.1, -0.05) is 44.2 Å². The Morgan fingerprint density at radius 1 is 1.12 bits per heavy atom. The van der Waals surface area contributed by atoms with Gasteiger partial charge >= 0.3 is 12.1 Å². The van der Waals surface area contributed by atoms with E-state index in [2.05, 4.69) is 15.9 Å². The summed E-state index contributed by atoms with van der Waals surface area (Å²) in [6, 6.07) is 10.6. The first kappa shape index (κ1) is 31.8. The van der Waals surface area contributed by atoms with Gasteiger partial charge < -0.3 is 28.5 Å². The van der Waals surface area contributed by atoms with Gasteiger partial charge in [-0.3, -0.25) is 9.59 Å². The Labute approximate surface area is 243 Å². The van der Waals surface area contributed by atoms with Crippen molar-refractivity contribution in [2.45, 2.75) is 52.2 Å². The molecule has 2 heterocycles. The molecule has 10 nitrogen and oxygen atoms in total. The van der Waals surface area contributed by atoms with Crippen molar-refractivity contribution in [2.24, 2.45) is 11.8 Å². The van der Waals surface area contributed by atoms with E-state index >= 15 is 0 Å². The second-order valence-electron chi connectivity index (χ2n) is 9.89. The number of ether oxygens (including phenoxy) is 4. The fraction of sp³-hybridized carbons (Fsp3) is 0.552. The molecule has 1 N–H and O–H groups in total. The molecule has 0 radical (unpaired) electrons. The second-order valence-corrected chi connectivity index (χ2v) is 10.7. The van der Waals surface area contributed by atoms with Crippen molar-refractivity contribution in [1.82, 2.24) is 4.90 Å². The molecule has 3 rings (SSSR count). The van der Waals surface area contributed by atoms with Gasteiger partial charge in [-0.05, 0) is 46.3 Å². The van der Waals surface area contributed by atoms with Crippen LogP contribution in [0, 0.1) is 11.8 Å². The van der Waals surface area contributed by atoms with E-state index in [9.17, 15) is 14.4 Å². The van der Waals surface area contributed by atoms with Crippen molar-refractivity contribution < 1.29 is 42.9 Å². The quantitative estimate of drug-likeness (QED) is 0.213. The highest BCUT2D eigenvalue weighted by atomic mass is 79.9. The fourth-order valence-corrected chi connectivity index (χ4v) is 5.03. The molecule has 3 atom stereocenters. The number of aryl methyl sites for hydroxylation is 1. The molecule has 1 fully saturated rings. The number of aliphatic hydroxyl groups excluding tert-OH is 1. The molecule has 0 aliphatic carbocycles. The third-order valence-corrected chi connectivity index (χ3v) is 7.22. The number of carbonyl (C=O) groups is 3. The lowest BCUT2D eigenvalue weighted by molar-refractivity contribution is -0.155. The van der Waals surface area contributed by atoms with Crippen LogP contribution >= 0.6 is 15.9 Å². The number of halogens is 1. The minimum Gasteiger partial charge on any atom is -0.461 e. The van der Waals surface area contributed by atoms with Crippen LogP contribution in [0.15, 0.2) is 45.3 Å². The van der Waals surface area contributed by atoms with Crippen molar-refractivity contribution in [3.63, 3.8) is 0 Å². The van der Waals surface area contributed by atoms with E-state index in [-0.39, 0.29) is 32.2 Å². The number of carbonyl (C=O) groups excluding carboxylic acids is 3. The van der Waals surface area contributed by atoms with Gasteiger partial charge in [0, 0.05) is 20.0 Å². The van der Waals surface area contributed by atoms with Gasteiger partial charge in [-0.15, -0.1) is 0 Å². The summed E-state index contributed by atoms with van der Waals surface area (Å²) < 4.78 is 28.5. The van der Waals surface area contributed by atoms with Crippen LogP contribution in [0.1, 0.15) is 50.4 Å². The Morgan fingerprint density at radius 3 is 2.48 bits per heavy atom. The second kappa shape index (κ2) is 15.9. The normalized spacial score (nSPS) is 16.7. The summed E-state index contributed by atoms with van der Waals surface area (Å²) in [5.41, 5.74) is 0.845. The first-order valence-electron chi connectivity index (χ1n) is 13.5. The van der Waals surface area contributed by atoms with Crippen molar-refractivity contribution in [1.29, 1.82) is 0 Å². The number of nitrogens with zero attached hydrogens (tertiary/aromatic N) is 1. The molecule has 0 saturated carbocycles. The largest absolute Gasteiger partial charge is 0.461 e. The highest BCUT2D eigenvalue weighted by molar-refractivity contribution is 9.10. The Kier molecular flexibility index (Phi) is 12.6. The maximum Gasteiger partial charge on any atom is 0.416 e. The maximum atomic E-state index is 14.0. The fourth-order valence-electron chi connectivity index (χ4n) is 4.53. The molecule has 2 amide bonds. The van der Waals surface area contributed by atoms with E-state index < -0.39 is 36.0 Å². The van der Waals surface area contributed by atoms with Crippen LogP contribution in [0.5, 0.6) is 0 Å². The lowest BCUT2D eigenvalue weighted by Crippen LogP contribution is -2.47. The summed E-state index contributed by atoms with van der Waals surface area (Å²) in [5.74, 6) is -1.09. The predicted molar refractivity (Wildman–Crippen MR) is 148 cm³/mol. The van der Waals surface area contributed by atoms with E-state index in [1.54, 1.807) is 6.07 Å². The summed E-state index contributed by atoms with van der Waals surface area (Å²) in [6.45, 7) is 6.78. The summed E-state index contributed by atoms with van der Waals surface area (Å²) >= 11 is 3.53. The molecular weight excluding hydrogens is 586 g/mol. The molecule has 1 aliphatic heterocycles. The van der Waals surface area contributed by atoms with Crippen LogP contribution in [0.25, 0.3) is 0 Å². The molecule has 1 aromatic carbocycles. The van der Waals surface area contributed by atoms with Crippen LogP contribution in [-0.4, -0.2) is 73.7 Å². The third kappa shape index (κ3) is 8.89. The summed E-state index contributed by atoms with van der Waals surface area (Å²) in [7, 11) is 0. The van der Waals surface area contributed by atoms with Crippen LogP contribution in [0.3, 0.4) is 0 Å². The number of rotatable bonds is 16. The molecule has 40 heavy (non-hydrogen) atoms. The zero-order valence-corrected chi connectivity index (χ0v) is 24.8. The average Bonchev–Trinajstić information content (AvgIpc) is 3.50. The number of hydrogen-bond acceptors (Lipinski definition) is 9. The van der Waals surface area contributed by atoms with Gasteiger partial charge in [0.15, 0.2) is 6.10 Å². The number of hydrogen-bond donors (Lipinski definition) is 1. The Morgan fingerprint density at radius 2 is 1.82 bits per heavy atom. The minimum atomic E-state index is -1.07. The number of benzene rings is 1. The molecule has 0 bridgehead atoms. The zero-order chi connectivity index (χ0) is 29.1. The number of aliphatic hydroxyl groups is 1. The first-order chi connectivity index (χ1) is 19.2. The van der Waals surface area contributed by atoms with Gasteiger partial charge in [0.1, 0.15) is 18.1 Å². The highest BCUT2D eigenvalue weighted by Crippen LogP contribution is 2.37. The summed E-state index contributed by atoms with van der Waals surface area (Å²) in [4.78, 5) is 40.2. The molecule has 1 aliphatic rings. The molecule has 11 heteroatoms. The highest BCUT2D eigenvalue weighted by Gasteiger charge is 2.46. The number of cyclic esters (lactones) is 1. The smallest absolute Gasteiger partial charge is 0.416 e. The minimum absolute atomic E-state index is 0.0206. The van der Waals surface area contributed by atoms with Crippen molar-refractivity contribution in [3.8, 4) is 0 Å². The molecular formula is C29H38BrNO9. The van der Waals surface area contributed by atoms with Gasteiger partial charge in [0.05, 0.1) is 42.9 Å².